The molecule has 2 heterocycles. The van der Waals surface area contributed by atoms with Gasteiger partial charge in [0.2, 0.25) is 0 Å². The van der Waals surface area contributed by atoms with E-state index in [4.69, 9.17) is 11.6 Å². The summed E-state index contributed by atoms with van der Waals surface area (Å²) in [6, 6.07) is 10.2. The molecule has 0 amide bonds. The first-order chi connectivity index (χ1) is 11.9. The first kappa shape index (κ1) is 16.7. The van der Waals surface area contributed by atoms with Crippen LogP contribution in [0.3, 0.4) is 0 Å². The number of anilines is 1. The SMILES string of the molecule is FC(F)(F)c1ccc(-c2ccc3c(c2)CC2CCNCCN32)c(Cl)c1. The summed E-state index contributed by atoms with van der Waals surface area (Å²) in [6.07, 6.45) is -2.30. The van der Waals surface area contributed by atoms with Crippen LogP contribution in [-0.2, 0) is 12.6 Å². The minimum absolute atomic E-state index is 0.131. The molecule has 0 saturated carbocycles. The molecular weight excluding hydrogens is 349 g/mol. The molecule has 1 atom stereocenters. The van der Waals surface area contributed by atoms with E-state index in [0.717, 1.165) is 50.2 Å². The van der Waals surface area contributed by atoms with Gasteiger partial charge in [0, 0.05) is 35.4 Å². The molecule has 0 radical (unpaired) electrons. The van der Waals surface area contributed by atoms with Crippen molar-refractivity contribution in [1.82, 2.24) is 5.32 Å². The van der Waals surface area contributed by atoms with Crippen molar-refractivity contribution < 1.29 is 13.2 Å². The van der Waals surface area contributed by atoms with E-state index in [9.17, 15) is 13.2 Å². The fraction of sp³-hybridized carbons (Fsp3) is 0.368. The van der Waals surface area contributed by atoms with Gasteiger partial charge < -0.3 is 10.2 Å². The minimum atomic E-state index is -4.38. The molecule has 1 N–H and O–H groups in total. The number of nitrogens with zero attached hydrogens (tertiary/aromatic N) is 1. The van der Waals surface area contributed by atoms with Crippen molar-refractivity contribution in [2.75, 3.05) is 24.5 Å². The van der Waals surface area contributed by atoms with Crippen LogP contribution in [0.1, 0.15) is 17.5 Å². The van der Waals surface area contributed by atoms with Crippen LogP contribution < -0.4 is 10.2 Å². The molecule has 1 saturated heterocycles. The normalized spacial score (nSPS) is 20.2. The molecule has 2 aliphatic rings. The van der Waals surface area contributed by atoms with Gasteiger partial charge in [0.1, 0.15) is 0 Å². The topological polar surface area (TPSA) is 15.3 Å². The van der Waals surface area contributed by atoms with Gasteiger partial charge in [-0.05, 0) is 54.8 Å². The number of rotatable bonds is 1. The van der Waals surface area contributed by atoms with Crippen molar-refractivity contribution in [3.8, 4) is 11.1 Å². The molecule has 2 aromatic carbocycles. The third kappa shape index (κ3) is 3.11. The highest BCUT2D eigenvalue weighted by Crippen LogP contribution is 2.39. The van der Waals surface area contributed by atoms with Crippen LogP contribution in [-0.4, -0.2) is 25.7 Å². The number of halogens is 4. The number of nitrogens with one attached hydrogen (secondary N) is 1. The molecule has 2 aromatic rings. The highest BCUT2D eigenvalue weighted by Gasteiger charge is 2.32. The number of alkyl halides is 3. The van der Waals surface area contributed by atoms with Gasteiger partial charge in [-0.3, -0.25) is 0 Å². The summed E-state index contributed by atoms with van der Waals surface area (Å²) < 4.78 is 38.4. The van der Waals surface area contributed by atoms with Crippen LogP contribution in [0.4, 0.5) is 18.9 Å². The van der Waals surface area contributed by atoms with Crippen molar-refractivity contribution in [1.29, 1.82) is 0 Å². The average molecular weight is 367 g/mol. The Hall–Kier alpha value is -1.72. The van der Waals surface area contributed by atoms with E-state index in [0.29, 0.717) is 11.6 Å². The standard InChI is InChI=1S/C19H18ClF3N2/c20-17-11-14(19(21,22)23)2-3-16(17)12-1-4-18-13(9-12)10-15-5-6-24-7-8-25(15)18/h1-4,9,11,15,24H,5-8,10H2. The second-order valence-electron chi connectivity index (χ2n) is 6.63. The van der Waals surface area contributed by atoms with Crippen molar-refractivity contribution in [2.45, 2.75) is 25.1 Å². The van der Waals surface area contributed by atoms with Crippen molar-refractivity contribution in [3.63, 3.8) is 0 Å². The molecule has 25 heavy (non-hydrogen) atoms. The second-order valence-corrected chi connectivity index (χ2v) is 7.03. The van der Waals surface area contributed by atoms with Crippen molar-refractivity contribution in [2.24, 2.45) is 0 Å². The molecule has 0 bridgehead atoms. The van der Waals surface area contributed by atoms with Crippen LogP contribution in [0.15, 0.2) is 36.4 Å². The van der Waals surface area contributed by atoms with Gasteiger partial charge in [-0.15, -0.1) is 0 Å². The molecule has 6 heteroatoms. The zero-order valence-corrected chi connectivity index (χ0v) is 14.3. The summed E-state index contributed by atoms with van der Waals surface area (Å²) >= 11 is 6.15. The predicted octanol–water partition coefficient (Wildman–Crippen LogP) is 4.75. The second kappa shape index (κ2) is 6.22. The maximum atomic E-state index is 12.8. The lowest BCUT2D eigenvalue weighted by Crippen LogP contribution is -2.32. The summed E-state index contributed by atoms with van der Waals surface area (Å²) in [7, 11) is 0. The summed E-state index contributed by atoms with van der Waals surface area (Å²) in [5, 5.41) is 3.55. The van der Waals surface area contributed by atoms with Gasteiger partial charge in [0.25, 0.3) is 0 Å². The molecule has 132 valence electrons. The maximum absolute atomic E-state index is 12.8. The average Bonchev–Trinajstić information content (AvgIpc) is 2.74. The summed E-state index contributed by atoms with van der Waals surface area (Å²) in [5.41, 5.74) is 3.28. The Morgan fingerprint density at radius 1 is 1.08 bits per heavy atom. The molecule has 2 aliphatic heterocycles. The van der Waals surface area contributed by atoms with Gasteiger partial charge >= 0.3 is 6.18 Å². The third-order valence-electron chi connectivity index (χ3n) is 5.08. The number of benzene rings is 2. The maximum Gasteiger partial charge on any atom is 0.416 e. The van der Waals surface area contributed by atoms with E-state index in [-0.39, 0.29) is 5.02 Å². The lowest BCUT2D eigenvalue weighted by molar-refractivity contribution is -0.137. The van der Waals surface area contributed by atoms with Crippen molar-refractivity contribution >= 4 is 17.3 Å². The van der Waals surface area contributed by atoms with Gasteiger partial charge in [0.05, 0.1) is 5.56 Å². The minimum Gasteiger partial charge on any atom is -0.367 e. The quantitative estimate of drug-likeness (QED) is 0.783. The molecule has 2 nitrogen and oxygen atoms in total. The molecule has 0 aliphatic carbocycles. The van der Waals surface area contributed by atoms with Crippen LogP contribution in [0.25, 0.3) is 11.1 Å². The van der Waals surface area contributed by atoms with Crippen LogP contribution in [0.5, 0.6) is 0 Å². The fourth-order valence-electron chi connectivity index (χ4n) is 3.84. The Balaban J connectivity index is 1.68. The van der Waals surface area contributed by atoms with Gasteiger partial charge in [-0.25, -0.2) is 0 Å². The molecular formula is C19H18ClF3N2. The van der Waals surface area contributed by atoms with Crippen LogP contribution >= 0.6 is 11.6 Å². The van der Waals surface area contributed by atoms with Crippen molar-refractivity contribution in [3.05, 3.63) is 52.5 Å². The lowest BCUT2D eigenvalue weighted by Gasteiger charge is -2.24. The molecule has 0 aromatic heterocycles. The van der Waals surface area contributed by atoms with Crippen LogP contribution in [0.2, 0.25) is 5.02 Å². The van der Waals surface area contributed by atoms with E-state index < -0.39 is 11.7 Å². The Kier molecular flexibility index (Phi) is 4.16. The zero-order chi connectivity index (χ0) is 17.6. The zero-order valence-electron chi connectivity index (χ0n) is 13.5. The largest absolute Gasteiger partial charge is 0.416 e. The van der Waals surface area contributed by atoms with E-state index in [1.54, 1.807) is 0 Å². The summed E-state index contributed by atoms with van der Waals surface area (Å²) in [4.78, 5) is 2.44. The first-order valence-corrected chi connectivity index (χ1v) is 8.79. The molecule has 1 fully saturated rings. The fourth-order valence-corrected chi connectivity index (χ4v) is 4.13. The highest BCUT2D eigenvalue weighted by atomic mass is 35.5. The predicted molar refractivity (Wildman–Crippen MR) is 94.2 cm³/mol. The van der Waals surface area contributed by atoms with Gasteiger partial charge in [-0.1, -0.05) is 23.7 Å². The lowest BCUT2D eigenvalue weighted by atomic mass is 9.99. The number of hydrogen-bond donors (Lipinski definition) is 1. The number of hydrogen-bond acceptors (Lipinski definition) is 2. The monoisotopic (exact) mass is 366 g/mol. The van der Waals surface area contributed by atoms with E-state index in [1.165, 1.54) is 17.3 Å². The Labute approximate surface area is 149 Å². The molecule has 0 spiro atoms. The van der Waals surface area contributed by atoms with Gasteiger partial charge in [-0.2, -0.15) is 13.2 Å². The Morgan fingerprint density at radius 2 is 1.92 bits per heavy atom. The smallest absolute Gasteiger partial charge is 0.367 e. The molecule has 4 rings (SSSR count). The third-order valence-corrected chi connectivity index (χ3v) is 5.39. The first-order valence-electron chi connectivity index (χ1n) is 8.41. The Morgan fingerprint density at radius 3 is 2.68 bits per heavy atom. The highest BCUT2D eigenvalue weighted by molar-refractivity contribution is 6.33. The van der Waals surface area contributed by atoms with E-state index in [2.05, 4.69) is 22.3 Å². The Bertz CT molecular complexity index is 804. The summed E-state index contributed by atoms with van der Waals surface area (Å²) in [5.74, 6) is 0. The van der Waals surface area contributed by atoms with Crippen LogP contribution in [0, 0.1) is 0 Å². The number of fused-ring (bicyclic) bond motifs is 3. The van der Waals surface area contributed by atoms with E-state index >= 15 is 0 Å². The van der Waals surface area contributed by atoms with E-state index in [1.807, 2.05) is 6.07 Å². The molecule has 1 unspecified atom stereocenters. The summed E-state index contributed by atoms with van der Waals surface area (Å²) in [6.45, 7) is 2.98. The van der Waals surface area contributed by atoms with Gasteiger partial charge in [0.15, 0.2) is 0 Å².